The van der Waals surface area contributed by atoms with Crippen molar-refractivity contribution in [3.63, 3.8) is 0 Å². The van der Waals surface area contributed by atoms with Gasteiger partial charge >= 0.3 is 0 Å². The Bertz CT molecular complexity index is 363. The molecule has 5 heteroatoms. The van der Waals surface area contributed by atoms with Crippen LogP contribution < -0.4 is 16.8 Å². The van der Waals surface area contributed by atoms with Crippen LogP contribution in [0.3, 0.4) is 0 Å². The van der Waals surface area contributed by atoms with E-state index in [-0.39, 0.29) is 0 Å². The molecular weight excluding hydrogens is 242 g/mol. The summed E-state index contributed by atoms with van der Waals surface area (Å²) >= 11 is 0. The number of benzene rings is 1. The zero-order valence-electron chi connectivity index (χ0n) is 11.0. The van der Waals surface area contributed by atoms with Gasteiger partial charge in [-0.2, -0.15) is 0 Å². The SMILES string of the molecule is C1CCCNCC1.NC(=O)c1ccc(C(N)=O)cc1. The van der Waals surface area contributed by atoms with E-state index in [9.17, 15) is 9.59 Å². The maximum Gasteiger partial charge on any atom is 0.248 e. The number of hydrogen-bond acceptors (Lipinski definition) is 3. The minimum absolute atomic E-state index is 0.361. The fraction of sp³-hybridized carbons (Fsp3) is 0.429. The van der Waals surface area contributed by atoms with Crippen molar-refractivity contribution in [3.05, 3.63) is 35.4 Å². The van der Waals surface area contributed by atoms with E-state index >= 15 is 0 Å². The van der Waals surface area contributed by atoms with Crippen LogP contribution in [0.15, 0.2) is 24.3 Å². The average Bonchev–Trinajstić information content (AvgIpc) is 2.71. The molecule has 0 unspecified atom stereocenters. The summed E-state index contributed by atoms with van der Waals surface area (Å²) in [5, 5.41) is 3.35. The molecule has 19 heavy (non-hydrogen) atoms. The molecule has 1 fully saturated rings. The van der Waals surface area contributed by atoms with E-state index in [1.54, 1.807) is 0 Å². The van der Waals surface area contributed by atoms with Gasteiger partial charge in [0.2, 0.25) is 11.8 Å². The van der Waals surface area contributed by atoms with Gasteiger partial charge in [0, 0.05) is 11.1 Å². The maximum atomic E-state index is 10.6. The van der Waals surface area contributed by atoms with Crippen molar-refractivity contribution >= 4 is 11.8 Å². The first-order valence-electron chi connectivity index (χ1n) is 6.51. The molecule has 0 aromatic heterocycles. The second kappa shape index (κ2) is 8.26. The molecule has 104 valence electrons. The Kier molecular flexibility index (Phi) is 6.60. The highest BCUT2D eigenvalue weighted by Crippen LogP contribution is 2.02. The number of carbonyl (C=O) groups excluding carboxylic acids is 2. The molecule has 1 aromatic rings. The quantitative estimate of drug-likeness (QED) is 0.743. The van der Waals surface area contributed by atoms with E-state index in [2.05, 4.69) is 5.32 Å². The third-order valence-electron chi connectivity index (χ3n) is 2.91. The minimum Gasteiger partial charge on any atom is -0.366 e. The zero-order valence-corrected chi connectivity index (χ0v) is 11.0. The minimum atomic E-state index is -0.522. The smallest absolute Gasteiger partial charge is 0.248 e. The van der Waals surface area contributed by atoms with Gasteiger partial charge in [0.05, 0.1) is 0 Å². The van der Waals surface area contributed by atoms with Crippen molar-refractivity contribution in [2.45, 2.75) is 25.7 Å². The van der Waals surface area contributed by atoms with E-state index in [0.29, 0.717) is 11.1 Å². The van der Waals surface area contributed by atoms with Gasteiger partial charge in [-0.05, 0) is 50.2 Å². The normalized spacial score (nSPS) is 14.7. The second-order valence-corrected chi connectivity index (χ2v) is 4.47. The Hall–Kier alpha value is -1.88. The Morgan fingerprint density at radius 3 is 1.47 bits per heavy atom. The molecule has 2 rings (SSSR count). The lowest BCUT2D eigenvalue weighted by Gasteiger charge is -1.96. The largest absolute Gasteiger partial charge is 0.366 e. The Labute approximate surface area is 113 Å². The summed E-state index contributed by atoms with van der Waals surface area (Å²) in [6.45, 7) is 2.50. The highest BCUT2D eigenvalue weighted by atomic mass is 16.1. The molecular formula is C14H21N3O2. The topological polar surface area (TPSA) is 98.2 Å². The highest BCUT2D eigenvalue weighted by molar-refractivity contribution is 5.96. The summed E-state index contributed by atoms with van der Waals surface area (Å²) in [6, 6.07) is 5.84. The Morgan fingerprint density at radius 1 is 0.789 bits per heavy atom. The van der Waals surface area contributed by atoms with Gasteiger partial charge in [0.1, 0.15) is 0 Å². The number of rotatable bonds is 2. The van der Waals surface area contributed by atoms with Gasteiger partial charge in [-0.1, -0.05) is 12.8 Å². The summed E-state index contributed by atoms with van der Waals surface area (Å²) in [7, 11) is 0. The molecule has 0 atom stereocenters. The van der Waals surface area contributed by atoms with Crippen molar-refractivity contribution in [1.82, 2.24) is 5.32 Å². The highest BCUT2D eigenvalue weighted by Gasteiger charge is 2.02. The summed E-state index contributed by atoms with van der Waals surface area (Å²) in [5.74, 6) is -1.04. The molecule has 1 aromatic carbocycles. The van der Waals surface area contributed by atoms with Gasteiger partial charge in [-0.3, -0.25) is 9.59 Å². The van der Waals surface area contributed by atoms with Crippen LogP contribution in [-0.2, 0) is 0 Å². The van der Waals surface area contributed by atoms with Gasteiger partial charge in [0.15, 0.2) is 0 Å². The lowest BCUT2D eigenvalue weighted by Crippen LogP contribution is -2.13. The van der Waals surface area contributed by atoms with Crippen LogP contribution in [-0.4, -0.2) is 24.9 Å². The van der Waals surface area contributed by atoms with E-state index < -0.39 is 11.8 Å². The number of nitrogens with two attached hydrogens (primary N) is 2. The van der Waals surface area contributed by atoms with Crippen molar-refractivity contribution < 1.29 is 9.59 Å². The molecule has 1 heterocycles. The van der Waals surface area contributed by atoms with E-state index in [4.69, 9.17) is 11.5 Å². The first-order chi connectivity index (χ1) is 9.11. The molecule has 0 saturated carbocycles. The number of amides is 2. The van der Waals surface area contributed by atoms with Gasteiger partial charge in [0.25, 0.3) is 0 Å². The molecule has 0 spiro atoms. The molecule has 0 aliphatic carbocycles. The number of nitrogens with one attached hydrogen (secondary N) is 1. The molecule has 5 N–H and O–H groups in total. The molecule has 5 nitrogen and oxygen atoms in total. The van der Waals surface area contributed by atoms with E-state index in [0.717, 1.165) is 0 Å². The van der Waals surface area contributed by atoms with Crippen LogP contribution in [0.5, 0.6) is 0 Å². The predicted molar refractivity (Wildman–Crippen MR) is 74.8 cm³/mol. The van der Waals surface area contributed by atoms with Gasteiger partial charge in [-0.25, -0.2) is 0 Å². The summed E-state index contributed by atoms with van der Waals surface area (Å²) in [5.41, 5.74) is 10.7. The van der Waals surface area contributed by atoms with Crippen molar-refractivity contribution in [3.8, 4) is 0 Å². The van der Waals surface area contributed by atoms with Crippen LogP contribution in [0, 0.1) is 0 Å². The van der Waals surface area contributed by atoms with Crippen LogP contribution in [0.1, 0.15) is 46.4 Å². The zero-order chi connectivity index (χ0) is 14.1. The molecule has 1 aliphatic rings. The van der Waals surface area contributed by atoms with Crippen molar-refractivity contribution in [1.29, 1.82) is 0 Å². The van der Waals surface area contributed by atoms with Crippen LogP contribution in [0.2, 0.25) is 0 Å². The maximum absolute atomic E-state index is 10.6. The number of primary amides is 2. The molecule has 1 saturated heterocycles. The molecule has 1 aliphatic heterocycles. The van der Waals surface area contributed by atoms with Gasteiger partial charge < -0.3 is 16.8 Å². The van der Waals surface area contributed by atoms with Crippen LogP contribution in [0.25, 0.3) is 0 Å². The molecule has 0 radical (unpaired) electrons. The summed E-state index contributed by atoms with van der Waals surface area (Å²) in [6.07, 6.45) is 5.65. The Morgan fingerprint density at radius 2 is 1.16 bits per heavy atom. The van der Waals surface area contributed by atoms with E-state index in [1.165, 1.54) is 63.0 Å². The third kappa shape index (κ3) is 6.01. The van der Waals surface area contributed by atoms with Crippen molar-refractivity contribution in [2.75, 3.05) is 13.1 Å². The second-order valence-electron chi connectivity index (χ2n) is 4.47. The number of hydrogen-bond donors (Lipinski definition) is 3. The van der Waals surface area contributed by atoms with Crippen LogP contribution >= 0.6 is 0 Å². The molecule has 0 bridgehead atoms. The van der Waals surface area contributed by atoms with Crippen LogP contribution in [0.4, 0.5) is 0 Å². The first-order valence-corrected chi connectivity index (χ1v) is 6.51. The summed E-state index contributed by atoms with van der Waals surface area (Å²) < 4.78 is 0. The number of carbonyl (C=O) groups is 2. The monoisotopic (exact) mass is 263 g/mol. The van der Waals surface area contributed by atoms with Gasteiger partial charge in [-0.15, -0.1) is 0 Å². The lowest BCUT2D eigenvalue weighted by molar-refractivity contribution is 0.0988. The molecule has 2 amide bonds. The Balaban J connectivity index is 0.000000218. The predicted octanol–water partition coefficient (Wildman–Crippen LogP) is 1.03. The lowest BCUT2D eigenvalue weighted by atomic mass is 10.1. The first kappa shape index (κ1) is 15.2. The van der Waals surface area contributed by atoms with E-state index in [1.807, 2.05) is 0 Å². The fourth-order valence-corrected chi connectivity index (χ4v) is 1.78. The average molecular weight is 263 g/mol. The fourth-order valence-electron chi connectivity index (χ4n) is 1.78. The van der Waals surface area contributed by atoms with Crippen molar-refractivity contribution in [2.24, 2.45) is 11.5 Å². The third-order valence-corrected chi connectivity index (χ3v) is 2.91. The summed E-state index contributed by atoms with van der Waals surface area (Å²) in [4.78, 5) is 21.2. The standard InChI is InChI=1S/C8H8N2O2.C6H13N/c9-7(11)5-1-2-6(4-3-5)8(10)12;1-2-4-6-7-5-3-1/h1-4H,(H2,9,11)(H2,10,12);7H,1-6H2.